The van der Waals surface area contributed by atoms with Crippen LogP contribution in [-0.4, -0.2) is 30.5 Å². The SMILES string of the molecule is O=C1CCCN1CCCOc1ccccc1F. The summed E-state index contributed by atoms with van der Waals surface area (Å²) in [6, 6.07) is 6.35. The zero-order valence-electron chi connectivity index (χ0n) is 9.69. The van der Waals surface area contributed by atoms with Crippen molar-refractivity contribution in [1.29, 1.82) is 0 Å². The summed E-state index contributed by atoms with van der Waals surface area (Å²) in [5.41, 5.74) is 0. The number of nitrogens with zero attached hydrogens (tertiary/aromatic N) is 1. The molecule has 3 nitrogen and oxygen atoms in total. The van der Waals surface area contributed by atoms with Gasteiger partial charge in [0.2, 0.25) is 5.91 Å². The van der Waals surface area contributed by atoms with Gasteiger partial charge in [-0.2, -0.15) is 0 Å². The molecule has 1 aliphatic heterocycles. The summed E-state index contributed by atoms with van der Waals surface area (Å²) >= 11 is 0. The second-order valence-corrected chi connectivity index (χ2v) is 4.12. The van der Waals surface area contributed by atoms with E-state index in [0.29, 0.717) is 19.6 Å². The summed E-state index contributed by atoms with van der Waals surface area (Å²) < 4.78 is 18.5. The van der Waals surface area contributed by atoms with E-state index in [9.17, 15) is 9.18 Å². The number of rotatable bonds is 5. The Labute approximate surface area is 100 Å². The van der Waals surface area contributed by atoms with Crippen LogP contribution >= 0.6 is 0 Å². The smallest absolute Gasteiger partial charge is 0.222 e. The fraction of sp³-hybridized carbons (Fsp3) is 0.462. The summed E-state index contributed by atoms with van der Waals surface area (Å²) in [7, 11) is 0. The number of likely N-dealkylation sites (tertiary alicyclic amines) is 1. The van der Waals surface area contributed by atoms with E-state index in [0.717, 1.165) is 19.4 Å². The highest BCUT2D eigenvalue weighted by molar-refractivity contribution is 5.77. The Morgan fingerprint density at radius 1 is 1.35 bits per heavy atom. The molecule has 4 heteroatoms. The number of benzene rings is 1. The molecule has 1 heterocycles. The molecule has 1 amide bonds. The molecule has 0 atom stereocenters. The average Bonchev–Trinajstić information content (AvgIpc) is 2.73. The number of carbonyl (C=O) groups excluding carboxylic acids is 1. The number of amides is 1. The zero-order chi connectivity index (χ0) is 12.1. The van der Waals surface area contributed by atoms with E-state index in [1.54, 1.807) is 18.2 Å². The van der Waals surface area contributed by atoms with Crippen LogP contribution in [0.2, 0.25) is 0 Å². The summed E-state index contributed by atoms with van der Waals surface area (Å²) in [6.07, 6.45) is 2.35. The molecule has 1 aromatic carbocycles. The molecule has 0 radical (unpaired) electrons. The number of halogens is 1. The van der Waals surface area contributed by atoms with Crippen molar-refractivity contribution in [2.75, 3.05) is 19.7 Å². The minimum absolute atomic E-state index is 0.218. The second-order valence-electron chi connectivity index (χ2n) is 4.12. The van der Waals surface area contributed by atoms with E-state index >= 15 is 0 Å². The van der Waals surface area contributed by atoms with Crippen molar-refractivity contribution in [2.24, 2.45) is 0 Å². The summed E-state index contributed by atoms with van der Waals surface area (Å²) in [4.78, 5) is 13.2. The van der Waals surface area contributed by atoms with Gasteiger partial charge in [0.15, 0.2) is 11.6 Å². The maximum atomic E-state index is 13.2. The molecular weight excluding hydrogens is 221 g/mol. The Bertz CT molecular complexity index is 395. The molecule has 0 saturated carbocycles. The molecule has 1 aromatic rings. The first kappa shape index (κ1) is 11.9. The van der Waals surface area contributed by atoms with Crippen LogP contribution in [0.5, 0.6) is 5.75 Å². The van der Waals surface area contributed by atoms with E-state index < -0.39 is 0 Å². The maximum Gasteiger partial charge on any atom is 0.222 e. The Morgan fingerprint density at radius 2 is 2.18 bits per heavy atom. The van der Waals surface area contributed by atoms with Crippen LogP contribution in [0.15, 0.2) is 24.3 Å². The number of ether oxygens (including phenoxy) is 1. The van der Waals surface area contributed by atoms with Gasteiger partial charge in [-0.1, -0.05) is 12.1 Å². The van der Waals surface area contributed by atoms with Crippen molar-refractivity contribution in [1.82, 2.24) is 4.90 Å². The van der Waals surface area contributed by atoms with Crippen molar-refractivity contribution in [2.45, 2.75) is 19.3 Å². The van der Waals surface area contributed by atoms with Gasteiger partial charge >= 0.3 is 0 Å². The maximum absolute atomic E-state index is 13.2. The molecule has 1 fully saturated rings. The lowest BCUT2D eigenvalue weighted by atomic mass is 10.3. The Kier molecular flexibility index (Phi) is 3.96. The summed E-state index contributed by atoms with van der Waals surface area (Å²) in [5.74, 6) is 0.154. The number of carbonyl (C=O) groups is 1. The van der Waals surface area contributed by atoms with Crippen LogP contribution in [0.4, 0.5) is 4.39 Å². The third-order valence-electron chi connectivity index (χ3n) is 2.84. The first-order chi connectivity index (χ1) is 8.27. The van der Waals surface area contributed by atoms with Gasteiger partial charge < -0.3 is 9.64 Å². The largest absolute Gasteiger partial charge is 0.490 e. The average molecular weight is 237 g/mol. The van der Waals surface area contributed by atoms with Crippen molar-refractivity contribution in [3.63, 3.8) is 0 Å². The molecule has 1 aliphatic rings. The van der Waals surface area contributed by atoms with Gasteiger partial charge in [-0.05, 0) is 25.0 Å². The van der Waals surface area contributed by atoms with Crippen molar-refractivity contribution >= 4 is 5.91 Å². The minimum atomic E-state index is -0.343. The van der Waals surface area contributed by atoms with Crippen molar-refractivity contribution < 1.29 is 13.9 Å². The Morgan fingerprint density at radius 3 is 2.88 bits per heavy atom. The summed E-state index contributed by atoms with van der Waals surface area (Å²) in [5, 5.41) is 0. The van der Waals surface area contributed by atoms with Gasteiger partial charge in [-0.25, -0.2) is 4.39 Å². The van der Waals surface area contributed by atoms with Gasteiger partial charge in [0.25, 0.3) is 0 Å². The minimum Gasteiger partial charge on any atom is -0.490 e. The van der Waals surface area contributed by atoms with E-state index in [1.165, 1.54) is 6.07 Å². The second kappa shape index (κ2) is 5.66. The molecular formula is C13H16FNO2. The van der Waals surface area contributed by atoms with E-state index in [2.05, 4.69) is 0 Å². The molecule has 0 aliphatic carbocycles. The molecule has 92 valence electrons. The van der Waals surface area contributed by atoms with Crippen LogP contribution in [0.3, 0.4) is 0 Å². The standard InChI is InChI=1S/C13H16FNO2/c14-11-5-1-2-6-12(11)17-10-4-9-15-8-3-7-13(15)16/h1-2,5-6H,3-4,7-10H2. The van der Waals surface area contributed by atoms with Crippen LogP contribution in [0, 0.1) is 5.82 Å². The normalized spacial score (nSPS) is 15.4. The van der Waals surface area contributed by atoms with Crippen LogP contribution in [0.25, 0.3) is 0 Å². The first-order valence-electron chi connectivity index (χ1n) is 5.92. The number of para-hydroxylation sites is 1. The quantitative estimate of drug-likeness (QED) is 0.735. The Hall–Kier alpha value is -1.58. The topological polar surface area (TPSA) is 29.5 Å². The van der Waals surface area contributed by atoms with E-state index in [-0.39, 0.29) is 17.5 Å². The fourth-order valence-corrected chi connectivity index (χ4v) is 1.94. The fourth-order valence-electron chi connectivity index (χ4n) is 1.94. The zero-order valence-corrected chi connectivity index (χ0v) is 9.69. The van der Waals surface area contributed by atoms with Crippen molar-refractivity contribution in [3.8, 4) is 5.75 Å². The third-order valence-corrected chi connectivity index (χ3v) is 2.84. The molecule has 17 heavy (non-hydrogen) atoms. The summed E-state index contributed by atoms with van der Waals surface area (Å²) in [6.45, 7) is 1.98. The lowest BCUT2D eigenvalue weighted by Gasteiger charge is -2.15. The predicted molar refractivity (Wildman–Crippen MR) is 62.3 cm³/mol. The van der Waals surface area contributed by atoms with Crippen LogP contribution in [0.1, 0.15) is 19.3 Å². The molecule has 0 N–H and O–H groups in total. The Balaban J connectivity index is 1.70. The lowest BCUT2D eigenvalue weighted by Crippen LogP contribution is -2.26. The number of hydrogen-bond acceptors (Lipinski definition) is 2. The molecule has 0 bridgehead atoms. The highest BCUT2D eigenvalue weighted by Crippen LogP contribution is 2.16. The van der Waals surface area contributed by atoms with Gasteiger partial charge in [0.05, 0.1) is 6.61 Å². The van der Waals surface area contributed by atoms with Gasteiger partial charge in [-0.3, -0.25) is 4.79 Å². The monoisotopic (exact) mass is 237 g/mol. The molecule has 1 saturated heterocycles. The van der Waals surface area contributed by atoms with Gasteiger partial charge in [0.1, 0.15) is 0 Å². The van der Waals surface area contributed by atoms with Gasteiger partial charge in [0, 0.05) is 19.5 Å². The number of hydrogen-bond donors (Lipinski definition) is 0. The molecule has 0 unspecified atom stereocenters. The van der Waals surface area contributed by atoms with E-state index in [4.69, 9.17) is 4.74 Å². The lowest BCUT2D eigenvalue weighted by molar-refractivity contribution is -0.127. The van der Waals surface area contributed by atoms with Crippen molar-refractivity contribution in [3.05, 3.63) is 30.1 Å². The molecule has 2 rings (SSSR count). The van der Waals surface area contributed by atoms with Crippen LogP contribution in [-0.2, 0) is 4.79 Å². The first-order valence-corrected chi connectivity index (χ1v) is 5.92. The predicted octanol–water partition coefficient (Wildman–Crippen LogP) is 2.22. The highest BCUT2D eigenvalue weighted by atomic mass is 19.1. The van der Waals surface area contributed by atoms with Crippen LogP contribution < -0.4 is 4.74 Å². The third kappa shape index (κ3) is 3.19. The molecule has 0 spiro atoms. The van der Waals surface area contributed by atoms with E-state index in [1.807, 2.05) is 4.90 Å². The molecule has 0 aromatic heterocycles. The highest BCUT2D eigenvalue weighted by Gasteiger charge is 2.19. The van der Waals surface area contributed by atoms with Gasteiger partial charge in [-0.15, -0.1) is 0 Å².